The van der Waals surface area contributed by atoms with Crippen molar-refractivity contribution in [2.75, 3.05) is 19.7 Å². The Morgan fingerprint density at radius 3 is 2.47 bits per heavy atom. The molecule has 1 aromatic carbocycles. The van der Waals surface area contributed by atoms with Crippen molar-refractivity contribution in [2.24, 2.45) is 0 Å². The second-order valence-electron chi connectivity index (χ2n) is 3.83. The van der Waals surface area contributed by atoms with Crippen molar-refractivity contribution in [3.63, 3.8) is 0 Å². The Balaban J connectivity index is 2.83. The highest BCUT2D eigenvalue weighted by atomic mass is 16.5. The number of aliphatic carboxylic acids is 1. The Morgan fingerprint density at radius 1 is 1.37 bits per heavy atom. The van der Waals surface area contributed by atoms with Crippen molar-refractivity contribution >= 4 is 11.9 Å². The van der Waals surface area contributed by atoms with Crippen LogP contribution in [0.2, 0.25) is 0 Å². The van der Waals surface area contributed by atoms with Crippen LogP contribution in [-0.2, 0) is 4.79 Å². The first-order valence-electron chi connectivity index (χ1n) is 5.93. The first-order chi connectivity index (χ1) is 9.08. The quantitative estimate of drug-likeness (QED) is 0.762. The van der Waals surface area contributed by atoms with Gasteiger partial charge in [-0.3, -0.25) is 9.59 Å². The molecule has 5 heteroatoms. The van der Waals surface area contributed by atoms with Crippen molar-refractivity contribution in [2.45, 2.75) is 6.92 Å². The Bertz CT molecular complexity index is 453. The third kappa shape index (κ3) is 4.46. The lowest BCUT2D eigenvalue weighted by Crippen LogP contribution is -2.35. The fourth-order valence-corrected chi connectivity index (χ4v) is 1.58. The summed E-state index contributed by atoms with van der Waals surface area (Å²) in [6.45, 7) is 5.78. The molecule has 0 spiro atoms. The molecule has 0 atom stereocenters. The number of carboxylic acid groups (broad SMARTS) is 1. The molecule has 1 amide bonds. The largest absolute Gasteiger partial charge is 0.494 e. The van der Waals surface area contributed by atoms with E-state index in [1.807, 2.05) is 6.92 Å². The number of carboxylic acids is 1. The van der Waals surface area contributed by atoms with E-state index in [2.05, 4.69) is 6.58 Å². The van der Waals surface area contributed by atoms with Gasteiger partial charge < -0.3 is 14.7 Å². The van der Waals surface area contributed by atoms with E-state index in [0.717, 1.165) is 0 Å². The van der Waals surface area contributed by atoms with Crippen LogP contribution < -0.4 is 4.74 Å². The summed E-state index contributed by atoms with van der Waals surface area (Å²) in [4.78, 5) is 24.0. The minimum atomic E-state index is -1.05. The summed E-state index contributed by atoms with van der Waals surface area (Å²) < 4.78 is 5.28. The van der Waals surface area contributed by atoms with Gasteiger partial charge in [0.1, 0.15) is 12.3 Å². The van der Waals surface area contributed by atoms with Gasteiger partial charge >= 0.3 is 5.97 Å². The van der Waals surface area contributed by atoms with Crippen LogP contribution in [0.4, 0.5) is 0 Å². The molecular weight excluding hydrogens is 246 g/mol. The van der Waals surface area contributed by atoms with Crippen molar-refractivity contribution in [1.82, 2.24) is 4.90 Å². The second-order valence-corrected chi connectivity index (χ2v) is 3.83. The molecule has 0 heterocycles. The molecule has 0 aliphatic carbocycles. The van der Waals surface area contributed by atoms with Crippen LogP contribution in [0.3, 0.4) is 0 Å². The lowest BCUT2D eigenvalue weighted by Gasteiger charge is -2.18. The number of amides is 1. The third-order valence-corrected chi connectivity index (χ3v) is 2.38. The summed E-state index contributed by atoms with van der Waals surface area (Å²) in [5, 5.41) is 8.77. The van der Waals surface area contributed by atoms with Crippen LogP contribution >= 0.6 is 0 Å². The van der Waals surface area contributed by atoms with Crippen molar-refractivity contribution in [1.29, 1.82) is 0 Å². The Hall–Kier alpha value is -2.30. The van der Waals surface area contributed by atoms with Gasteiger partial charge in [-0.2, -0.15) is 0 Å². The van der Waals surface area contributed by atoms with Crippen LogP contribution in [0.1, 0.15) is 17.3 Å². The van der Waals surface area contributed by atoms with Crippen LogP contribution in [0.25, 0.3) is 0 Å². The molecule has 1 aromatic rings. The molecule has 1 rings (SSSR count). The minimum Gasteiger partial charge on any atom is -0.494 e. The van der Waals surface area contributed by atoms with Gasteiger partial charge in [0.25, 0.3) is 5.91 Å². The van der Waals surface area contributed by atoms with Crippen molar-refractivity contribution < 1.29 is 19.4 Å². The molecule has 1 N–H and O–H groups in total. The molecule has 0 radical (unpaired) electrons. The Kier molecular flexibility index (Phi) is 5.60. The standard InChI is InChI=1S/C14H17NO4/c1-3-9-15(10-13(16)17)14(18)11-5-7-12(8-6-11)19-4-2/h3,5-8H,1,4,9-10H2,2H3,(H,16,17). The van der Waals surface area contributed by atoms with Gasteiger partial charge in [-0.15, -0.1) is 6.58 Å². The molecule has 0 unspecified atom stereocenters. The number of benzene rings is 1. The summed E-state index contributed by atoms with van der Waals surface area (Å²) >= 11 is 0. The maximum absolute atomic E-state index is 12.1. The van der Waals surface area contributed by atoms with Crippen LogP contribution in [-0.4, -0.2) is 41.6 Å². The van der Waals surface area contributed by atoms with E-state index in [1.54, 1.807) is 24.3 Å². The van der Waals surface area contributed by atoms with Crippen LogP contribution in [0, 0.1) is 0 Å². The summed E-state index contributed by atoms with van der Waals surface area (Å²) in [6, 6.07) is 6.60. The van der Waals surface area contributed by atoms with Crippen molar-refractivity contribution in [3.8, 4) is 5.75 Å². The molecule has 0 aliphatic heterocycles. The van der Waals surface area contributed by atoms with E-state index in [-0.39, 0.29) is 19.0 Å². The van der Waals surface area contributed by atoms with Gasteiger partial charge in [0.05, 0.1) is 6.61 Å². The first kappa shape index (κ1) is 14.8. The molecule has 0 bridgehead atoms. The number of carbonyl (C=O) groups excluding carboxylic acids is 1. The molecular formula is C14H17NO4. The highest BCUT2D eigenvalue weighted by Gasteiger charge is 2.17. The zero-order valence-corrected chi connectivity index (χ0v) is 10.8. The highest BCUT2D eigenvalue weighted by molar-refractivity contribution is 5.96. The first-order valence-corrected chi connectivity index (χ1v) is 5.93. The number of hydrogen-bond donors (Lipinski definition) is 1. The molecule has 0 aliphatic rings. The predicted molar refractivity (Wildman–Crippen MR) is 71.3 cm³/mol. The topological polar surface area (TPSA) is 66.8 Å². The lowest BCUT2D eigenvalue weighted by molar-refractivity contribution is -0.137. The molecule has 0 aromatic heterocycles. The normalized spacial score (nSPS) is 9.74. The Labute approximate surface area is 112 Å². The molecule has 0 saturated heterocycles. The predicted octanol–water partition coefficient (Wildman–Crippen LogP) is 1.80. The van der Waals surface area contributed by atoms with E-state index in [0.29, 0.717) is 17.9 Å². The Morgan fingerprint density at radius 2 is 2.00 bits per heavy atom. The van der Waals surface area contributed by atoms with Gasteiger partial charge in [0.15, 0.2) is 0 Å². The number of rotatable bonds is 7. The summed E-state index contributed by atoms with van der Waals surface area (Å²) in [5.74, 6) is -0.723. The van der Waals surface area contributed by atoms with Gasteiger partial charge in [0, 0.05) is 12.1 Å². The maximum atomic E-state index is 12.1. The van der Waals surface area contributed by atoms with E-state index < -0.39 is 5.97 Å². The number of ether oxygens (including phenoxy) is 1. The average molecular weight is 263 g/mol. The fourth-order valence-electron chi connectivity index (χ4n) is 1.58. The minimum absolute atomic E-state index is 0.193. The highest BCUT2D eigenvalue weighted by Crippen LogP contribution is 2.13. The fraction of sp³-hybridized carbons (Fsp3) is 0.286. The van der Waals surface area contributed by atoms with Crippen LogP contribution in [0.5, 0.6) is 5.75 Å². The van der Waals surface area contributed by atoms with Gasteiger partial charge in [-0.25, -0.2) is 0 Å². The summed E-state index contributed by atoms with van der Waals surface area (Å²) in [5.41, 5.74) is 0.423. The molecule has 0 fully saturated rings. The number of hydrogen-bond acceptors (Lipinski definition) is 3. The molecule has 5 nitrogen and oxygen atoms in total. The maximum Gasteiger partial charge on any atom is 0.323 e. The monoisotopic (exact) mass is 263 g/mol. The summed E-state index contributed by atoms with van der Waals surface area (Å²) in [7, 11) is 0. The molecule has 19 heavy (non-hydrogen) atoms. The zero-order valence-electron chi connectivity index (χ0n) is 10.8. The van der Waals surface area contributed by atoms with E-state index in [4.69, 9.17) is 9.84 Å². The lowest BCUT2D eigenvalue weighted by atomic mass is 10.2. The third-order valence-electron chi connectivity index (χ3n) is 2.38. The van der Waals surface area contributed by atoms with E-state index in [9.17, 15) is 9.59 Å². The number of carbonyl (C=O) groups is 2. The van der Waals surface area contributed by atoms with Crippen molar-refractivity contribution in [3.05, 3.63) is 42.5 Å². The zero-order chi connectivity index (χ0) is 14.3. The second kappa shape index (κ2) is 7.20. The number of nitrogens with zero attached hydrogens (tertiary/aromatic N) is 1. The smallest absolute Gasteiger partial charge is 0.323 e. The van der Waals surface area contributed by atoms with Crippen LogP contribution in [0.15, 0.2) is 36.9 Å². The average Bonchev–Trinajstić information content (AvgIpc) is 2.38. The molecule has 102 valence electrons. The van der Waals surface area contributed by atoms with Gasteiger partial charge in [0.2, 0.25) is 0 Å². The van der Waals surface area contributed by atoms with E-state index >= 15 is 0 Å². The van der Waals surface area contributed by atoms with E-state index in [1.165, 1.54) is 11.0 Å². The summed E-state index contributed by atoms with van der Waals surface area (Å²) in [6.07, 6.45) is 1.50. The van der Waals surface area contributed by atoms with Gasteiger partial charge in [-0.05, 0) is 31.2 Å². The molecule has 0 saturated carbocycles. The van der Waals surface area contributed by atoms with Gasteiger partial charge in [-0.1, -0.05) is 6.08 Å². The SMILES string of the molecule is C=CCN(CC(=O)O)C(=O)c1ccc(OCC)cc1.